The summed E-state index contributed by atoms with van der Waals surface area (Å²) in [5.74, 6) is 0.910. The second kappa shape index (κ2) is 13.6. The van der Waals surface area contributed by atoms with Crippen molar-refractivity contribution in [3.05, 3.63) is 76.6 Å². The summed E-state index contributed by atoms with van der Waals surface area (Å²) in [5, 5.41) is 6.54. The van der Waals surface area contributed by atoms with E-state index in [9.17, 15) is 13.2 Å². The van der Waals surface area contributed by atoms with E-state index in [2.05, 4.69) is 20.6 Å². The molecule has 0 saturated heterocycles. The van der Waals surface area contributed by atoms with Gasteiger partial charge in [0.2, 0.25) is 5.95 Å². The number of amides is 1. The van der Waals surface area contributed by atoms with Gasteiger partial charge < -0.3 is 20.1 Å². The van der Waals surface area contributed by atoms with Gasteiger partial charge >= 0.3 is 6.09 Å². The molecule has 1 aliphatic rings. The quantitative estimate of drug-likeness (QED) is 0.280. The number of hydrogen-bond donors (Lipinski definition) is 2. The van der Waals surface area contributed by atoms with Gasteiger partial charge in [0.15, 0.2) is 9.84 Å². The third-order valence-electron chi connectivity index (χ3n) is 6.73. The van der Waals surface area contributed by atoms with E-state index in [-0.39, 0.29) is 33.8 Å². The molecule has 4 rings (SSSR count). The van der Waals surface area contributed by atoms with Crippen LogP contribution < -0.4 is 15.4 Å². The Morgan fingerprint density at radius 1 is 1.02 bits per heavy atom. The first kappa shape index (κ1) is 31.3. The van der Waals surface area contributed by atoms with Crippen molar-refractivity contribution in [2.75, 3.05) is 12.4 Å². The Morgan fingerprint density at radius 2 is 1.69 bits per heavy atom. The first-order chi connectivity index (χ1) is 19.9. The third-order valence-corrected chi connectivity index (χ3v) is 8.92. The molecular weight excluding hydrogens is 576 g/mol. The van der Waals surface area contributed by atoms with Crippen LogP contribution in [0.5, 0.6) is 5.75 Å². The Labute approximate surface area is 252 Å². The Morgan fingerprint density at radius 3 is 2.33 bits per heavy atom. The number of hydrogen-bond acceptors (Lipinski definition) is 8. The fourth-order valence-electron chi connectivity index (χ4n) is 4.70. The number of aromatic nitrogens is 2. The fraction of sp³-hybridized carbons (Fsp3) is 0.387. The zero-order valence-electron chi connectivity index (χ0n) is 24.3. The largest absolute Gasteiger partial charge is 0.496 e. The minimum atomic E-state index is -3.62. The van der Waals surface area contributed by atoms with Crippen LogP contribution >= 0.6 is 11.6 Å². The summed E-state index contributed by atoms with van der Waals surface area (Å²) in [7, 11) is -2.07. The van der Waals surface area contributed by atoms with Crippen molar-refractivity contribution in [2.24, 2.45) is 0 Å². The summed E-state index contributed by atoms with van der Waals surface area (Å²) >= 11 is 6.11. The molecule has 9 nitrogen and oxygen atoms in total. The zero-order valence-corrected chi connectivity index (χ0v) is 25.8. The average molecular weight is 613 g/mol. The minimum absolute atomic E-state index is 0.101. The number of anilines is 1. The van der Waals surface area contributed by atoms with E-state index in [4.69, 9.17) is 21.1 Å². The van der Waals surface area contributed by atoms with Crippen molar-refractivity contribution in [2.45, 2.75) is 74.8 Å². The van der Waals surface area contributed by atoms with Gasteiger partial charge in [-0.2, -0.15) is 0 Å². The zero-order chi connectivity index (χ0) is 30.3. The van der Waals surface area contributed by atoms with E-state index in [0.29, 0.717) is 17.3 Å². The molecule has 2 aromatic carbocycles. The van der Waals surface area contributed by atoms with Gasteiger partial charge in [0, 0.05) is 35.6 Å². The smallest absolute Gasteiger partial charge is 0.407 e. The molecule has 1 fully saturated rings. The molecule has 1 saturated carbocycles. The number of nitrogens with zero attached hydrogens (tertiary/aromatic N) is 2. The van der Waals surface area contributed by atoms with E-state index in [1.54, 1.807) is 49.8 Å². The maximum atomic E-state index is 12.9. The summed E-state index contributed by atoms with van der Waals surface area (Å²) < 4.78 is 36.7. The molecule has 1 aliphatic carbocycles. The SMILES string of the molecule is COc1cc(CS(=O)(=O)c2ccccc2Cl)ccc1/C=C/c1cnc(NC2CCC(NC(=O)OC(C)(C)C)CC2)nc1. The molecule has 11 heteroatoms. The van der Waals surface area contributed by atoms with Crippen LogP contribution in [0, 0.1) is 0 Å². The summed E-state index contributed by atoms with van der Waals surface area (Å²) in [4.78, 5) is 21.0. The molecule has 1 heterocycles. The normalized spacial score (nSPS) is 17.5. The van der Waals surface area contributed by atoms with Crippen LogP contribution in [0.15, 0.2) is 59.8 Å². The summed E-state index contributed by atoms with van der Waals surface area (Å²) in [5.41, 5.74) is 1.67. The standard InChI is InChI=1S/C31H37ClN4O5S/c1-31(2,3)41-30(37)36-25-15-13-24(14-16-25)35-29-33-18-22(19-34-29)10-12-23-11-9-21(17-27(23)40-4)20-42(38,39)28-8-6-5-7-26(28)32/h5-12,17-19,24-25H,13-16,20H2,1-4H3,(H,36,37)(H,33,34,35)/b12-10+. The number of methoxy groups -OCH3 is 1. The van der Waals surface area contributed by atoms with Crippen molar-refractivity contribution in [3.63, 3.8) is 0 Å². The Kier molecular flexibility index (Phi) is 10.1. The molecule has 0 spiro atoms. The van der Waals surface area contributed by atoms with Crippen LogP contribution in [-0.4, -0.2) is 49.3 Å². The summed E-state index contributed by atoms with van der Waals surface area (Å²) in [6, 6.07) is 12.0. The van der Waals surface area contributed by atoms with Gasteiger partial charge in [0.05, 0.1) is 22.8 Å². The number of rotatable bonds is 9. The number of nitrogens with one attached hydrogen (secondary N) is 2. The predicted molar refractivity (Wildman–Crippen MR) is 165 cm³/mol. The van der Waals surface area contributed by atoms with Gasteiger partial charge in [-0.1, -0.05) is 48.0 Å². The van der Waals surface area contributed by atoms with Gasteiger partial charge in [-0.25, -0.2) is 23.2 Å². The first-order valence-electron chi connectivity index (χ1n) is 13.8. The second-order valence-electron chi connectivity index (χ2n) is 11.3. The number of benzene rings is 2. The molecule has 0 radical (unpaired) electrons. The van der Waals surface area contributed by atoms with E-state index < -0.39 is 15.4 Å². The monoisotopic (exact) mass is 612 g/mol. The summed E-state index contributed by atoms with van der Waals surface area (Å²) in [6.07, 6.45) is 10.3. The van der Waals surface area contributed by atoms with Gasteiger partial charge in [0.25, 0.3) is 0 Å². The lowest BCUT2D eigenvalue weighted by atomic mass is 9.91. The molecule has 1 aromatic heterocycles. The number of halogens is 1. The van der Waals surface area contributed by atoms with Gasteiger partial charge in [-0.15, -0.1) is 0 Å². The van der Waals surface area contributed by atoms with E-state index in [0.717, 1.165) is 36.8 Å². The van der Waals surface area contributed by atoms with E-state index >= 15 is 0 Å². The Bertz CT molecular complexity index is 1510. The third kappa shape index (κ3) is 8.93. The van der Waals surface area contributed by atoms with Crippen molar-refractivity contribution >= 4 is 45.6 Å². The van der Waals surface area contributed by atoms with E-state index in [1.165, 1.54) is 6.07 Å². The molecule has 0 unspecified atom stereocenters. The molecule has 0 atom stereocenters. The average Bonchev–Trinajstić information content (AvgIpc) is 2.93. The van der Waals surface area contributed by atoms with Crippen LogP contribution in [0.1, 0.15) is 63.1 Å². The number of ether oxygens (including phenoxy) is 2. The lowest BCUT2D eigenvalue weighted by Gasteiger charge is -2.30. The molecule has 224 valence electrons. The van der Waals surface area contributed by atoms with Crippen LogP contribution in [0.4, 0.5) is 10.7 Å². The highest BCUT2D eigenvalue weighted by atomic mass is 35.5. The van der Waals surface area contributed by atoms with Crippen LogP contribution in [-0.2, 0) is 20.3 Å². The fourth-order valence-corrected chi connectivity index (χ4v) is 6.61. The molecular formula is C31H37ClN4O5S. The van der Waals surface area contributed by atoms with Crippen molar-refractivity contribution in [1.29, 1.82) is 0 Å². The molecule has 1 amide bonds. The van der Waals surface area contributed by atoms with Gasteiger partial charge in [-0.3, -0.25) is 0 Å². The Balaban J connectivity index is 1.31. The topological polar surface area (TPSA) is 120 Å². The number of alkyl carbamates (subject to hydrolysis) is 1. The second-order valence-corrected chi connectivity index (χ2v) is 13.6. The highest BCUT2D eigenvalue weighted by Gasteiger charge is 2.25. The number of carbonyl (C=O) groups excluding carboxylic acids is 1. The maximum Gasteiger partial charge on any atom is 0.407 e. The van der Waals surface area contributed by atoms with Crippen molar-refractivity contribution < 1.29 is 22.7 Å². The molecule has 42 heavy (non-hydrogen) atoms. The van der Waals surface area contributed by atoms with Gasteiger partial charge in [-0.05, 0) is 70.2 Å². The molecule has 0 aliphatic heterocycles. The lowest BCUT2D eigenvalue weighted by molar-refractivity contribution is 0.0492. The lowest BCUT2D eigenvalue weighted by Crippen LogP contribution is -2.42. The van der Waals surface area contributed by atoms with Crippen molar-refractivity contribution in [3.8, 4) is 5.75 Å². The first-order valence-corrected chi connectivity index (χ1v) is 15.9. The highest BCUT2D eigenvalue weighted by Crippen LogP contribution is 2.28. The predicted octanol–water partition coefficient (Wildman–Crippen LogP) is 6.53. The molecule has 3 aromatic rings. The molecule has 0 bridgehead atoms. The van der Waals surface area contributed by atoms with Gasteiger partial charge in [0.1, 0.15) is 11.4 Å². The maximum absolute atomic E-state index is 12.9. The van der Waals surface area contributed by atoms with Crippen LogP contribution in [0.3, 0.4) is 0 Å². The highest BCUT2D eigenvalue weighted by molar-refractivity contribution is 7.90. The van der Waals surface area contributed by atoms with Crippen LogP contribution in [0.2, 0.25) is 5.02 Å². The summed E-state index contributed by atoms with van der Waals surface area (Å²) in [6.45, 7) is 5.55. The van der Waals surface area contributed by atoms with Crippen molar-refractivity contribution in [1.82, 2.24) is 15.3 Å². The minimum Gasteiger partial charge on any atom is -0.496 e. The molecule has 2 N–H and O–H groups in total. The Hall–Kier alpha value is -3.63. The van der Waals surface area contributed by atoms with Crippen LogP contribution in [0.25, 0.3) is 12.2 Å². The number of carbonyl (C=O) groups is 1. The van der Waals surface area contributed by atoms with E-state index in [1.807, 2.05) is 39.0 Å². The number of sulfone groups is 1.